The van der Waals surface area contributed by atoms with Crippen LogP contribution in [0.25, 0.3) is 11.0 Å². The number of ether oxygens (including phenoxy) is 2. The van der Waals surface area contributed by atoms with Crippen LogP contribution in [0.1, 0.15) is 11.3 Å². The fourth-order valence-electron chi connectivity index (χ4n) is 2.52. The molecule has 0 spiro atoms. The van der Waals surface area contributed by atoms with E-state index in [0.29, 0.717) is 6.54 Å². The molecule has 0 saturated carbocycles. The molecule has 0 aliphatic carbocycles. The van der Waals surface area contributed by atoms with E-state index in [2.05, 4.69) is 39.1 Å². The molecule has 0 fully saturated rings. The number of fused-ring (bicyclic) bond motifs is 1. The second-order valence-electron chi connectivity index (χ2n) is 5.13. The molecule has 5 nitrogen and oxygen atoms in total. The molecule has 2 aromatic carbocycles. The highest BCUT2D eigenvalue weighted by Crippen LogP contribution is 2.31. The minimum absolute atomic E-state index is 0.632. The Morgan fingerprint density at radius 1 is 1.17 bits per heavy atom. The van der Waals surface area contributed by atoms with E-state index in [-0.39, 0.29) is 0 Å². The van der Waals surface area contributed by atoms with Gasteiger partial charge in [0.15, 0.2) is 5.58 Å². The van der Waals surface area contributed by atoms with Gasteiger partial charge in [-0.25, -0.2) is 0 Å². The average Bonchev–Trinajstić information content (AvgIpc) is 2.93. The van der Waals surface area contributed by atoms with Gasteiger partial charge in [0, 0.05) is 27.4 Å². The Kier molecular flexibility index (Phi) is 4.61. The van der Waals surface area contributed by atoms with Gasteiger partial charge in [-0.15, -0.1) is 0 Å². The third-order valence-electron chi connectivity index (χ3n) is 3.67. The molecule has 23 heavy (non-hydrogen) atoms. The molecule has 3 rings (SSSR count). The van der Waals surface area contributed by atoms with Crippen molar-refractivity contribution in [3.8, 4) is 11.5 Å². The lowest BCUT2D eigenvalue weighted by Gasteiger charge is -2.13. The summed E-state index contributed by atoms with van der Waals surface area (Å²) in [5.41, 5.74) is 3.72. The van der Waals surface area contributed by atoms with Crippen molar-refractivity contribution in [3.63, 3.8) is 0 Å². The molecule has 0 bridgehead atoms. The lowest BCUT2D eigenvalue weighted by molar-refractivity contribution is 0.391. The SMILES string of the molecule is COc1ccc(CNc2cc(I)cc3onc(C)c23)c(OC)c1. The summed E-state index contributed by atoms with van der Waals surface area (Å²) in [6.45, 7) is 2.57. The highest BCUT2D eigenvalue weighted by atomic mass is 127. The minimum Gasteiger partial charge on any atom is -0.497 e. The molecule has 1 heterocycles. The summed E-state index contributed by atoms with van der Waals surface area (Å²) in [7, 11) is 3.30. The number of nitrogens with zero attached hydrogens (tertiary/aromatic N) is 1. The zero-order valence-corrected chi connectivity index (χ0v) is 15.3. The maximum Gasteiger partial charge on any atom is 0.170 e. The normalized spacial score (nSPS) is 10.8. The summed E-state index contributed by atoms with van der Waals surface area (Å²) in [6.07, 6.45) is 0. The molecule has 0 aliphatic heterocycles. The number of hydrogen-bond acceptors (Lipinski definition) is 5. The molecule has 3 aromatic rings. The second kappa shape index (κ2) is 6.66. The predicted molar refractivity (Wildman–Crippen MR) is 98.3 cm³/mol. The Labute approximate surface area is 148 Å². The zero-order valence-electron chi connectivity index (χ0n) is 13.1. The van der Waals surface area contributed by atoms with Gasteiger partial charge in [-0.2, -0.15) is 0 Å². The first-order chi connectivity index (χ1) is 11.1. The van der Waals surface area contributed by atoms with Crippen LogP contribution in [-0.4, -0.2) is 19.4 Å². The lowest BCUT2D eigenvalue weighted by Crippen LogP contribution is -2.03. The van der Waals surface area contributed by atoms with E-state index in [9.17, 15) is 0 Å². The van der Waals surface area contributed by atoms with Crippen molar-refractivity contribution >= 4 is 39.2 Å². The van der Waals surface area contributed by atoms with Crippen molar-refractivity contribution in [1.29, 1.82) is 0 Å². The molecule has 0 radical (unpaired) electrons. The maximum absolute atomic E-state index is 5.44. The summed E-state index contributed by atoms with van der Waals surface area (Å²) in [5, 5.41) is 8.52. The number of anilines is 1. The van der Waals surface area contributed by atoms with Crippen molar-refractivity contribution < 1.29 is 14.0 Å². The van der Waals surface area contributed by atoms with Crippen molar-refractivity contribution in [2.24, 2.45) is 0 Å². The van der Waals surface area contributed by atoms with Gasteiger partial charge in [-0.1, -0.05) is 5.16 Å². The quantitative estimate of drug-likeness (QED) is 0.617. The van der Waals surface area contributed by atoms with Crippen LogP contribution in [0, 0.1) is 10.5 Å². The fraction of sp³-hybridized carbons (Fsp3) is 0.235. The third-order valence-corrected chi connectivity index (χ3v) is 4.30. The smallest absolute Gasteiger partial charge is 0.170 e. The number of aryl methyl sites for hydroxylation is 1. The van der Waals surface area contributed by atoms with Gasteiger partial charge in [0.05, 0.1) is 25.3 Å². The highest BCUT2D eigenvalue weighted by molar-refractivity contribution is 14.1. The molecule has 120 valence electrons. The van der Waals surface area contributed by atoms with E-state index in [0.717, 1.165) is 43.0 Å². The van der Waals surface area contributed by atoms with E-state index < -0.39 is 0 Å². The first-order valence-electron chi connectivity index (χ1n) is 7.12. The number of aromatic nitrogens is 1. The number of nitrogens with one attached hydrogen (secondary N) is 1. The third kappa shape index (κ3) is 3.21. The first kappa shape index (κ1) is 15.9. The molecule has 6 heteroatoms. The van der Waals surface area contributed by atoms with Crippen LogP contribution in [0.15, 0.2) is 34.9 Å². The number of methoxy groups -OCH3 is 2. The van der Waals surface area contributed by atoms with Gasteiger partial charge in [0.25, 0.3) is 0 Å². The standard InChI is InChI=1S/C17H17IN2O3/c1-10-17-14(6-12(18)7-16(17)23-20-10)19-9-11-4-5-13(21-2)8-15(11)22-3/h4-8,19H,9H2,1-3H3. The summed E-state index contributed by atoms with van der Waals surface area (Å²) in [6, 6.07) is 9.87. The molecule has 1 N–H and O–H groups in total. The van der Waals surface area contributed by atoms with Crippen LogP contribution < -0.4 is 14.8 Å². The highest BCUT2D eigenvalue weighted by Gasteiger charge is 2.12. The molecule has 0 unspecified atom stereocenters. The van der Waals surface area contributed by atoms with Crippen LogP contribution in [0.3, 0.4) is 0 Å². The molecule has 0 amide bonds. The van der Waals surface area contributed by atoms with E-state index in [1.54, 1.807) is 14.2 Å². The van der Waals surface area contributed by atoms with Crippen molar-refractivity contribution in [2.75, 3.05) is 19.5 Å². The summed E-state index contributed by atoms with van der Waals surface area (Å²) in [5.74, 6) is 1.57. The Morgan fingerprint density at radius 2 is 2.00 bits per heavy atom. The maximum atomic E-state index is 5.44. The average molecular weight is 424 g/mol. The van der Waals surface area contributed by atoms with Crippen LogP contribution in [0.5, 0.6) is 11.5 Å². The zero-order chi connectivity index (χ0) is 16.4. The summed E-state index contributed by atoms with van der Waals surface area (Å²) < 4.78 is 17.1. The van der Waals surface area contributed by atoms with Gasteiger partial charge in [0.2, 0.25) is 0 Å². The number of halogens is 1. The largest absolute Gasteiger partial charge is 0.497 e. The van der Waals surface area contributed by atoms with Crippen LogP contribution in [0.4, 0.5) is 5.69 Å². The molecule has 0 atom stereocenters. The van der Waals surface area contributed by atoms with Crippen molar-refractivity contribution in [3.05, 3.63) is 45.2 Å². The van der Waals surface area contributed by atoms with Crippen LogP contribution in [0.2, 0.25) is 0 Å². The second-order valence-corrected chi connectivity index (χ2v) is 6.37. The van der Waals surface area contributed by atoms with E-state index in [1.165, 1.54) is 0 Å². The Bertz CT molecular complexity index is 845. The number of rotatable bonds is 5. The first-order valence-corrected chi connectivity index (χ1v) is 8.20. The molecular formula is C17H17IN2O3. The van der Waals surface area contributed by atoms with E-state index in [4.69, 9.17) is 14.0 Å². The minimum atomic E-state index is 0.632. The topological polar surface area (TPSA) is 56.5 Å². The van der Waals surface area contributed by atoms with Crippen molar-refractivity contribution in [2.45, 2.75) is 13.5 Å². The Morgan fingerprint density at radius 3 is 2.74 bits per heavy atom. The van der Waals surface area contributed by atoms with Gasteiger partial charge in [-0.3, -0.25) is 0 Å². The monoisotopic (exact) mass is 424 g/mol. The van der Waals surface area contributed by atoms with Crippen molar-refractivity contribution in [1.82, 2.24) is 5.16 Å². The van der Waals surface area contributed by atoms with Crippen LogP contribution in [-0.2, 0) is 6.54 Å². The molecule has 1 aromatic heterocycles. The Balaban J connectivity index is 1.90. The summed E-state index contributed by atoms with van der Waals surface area (Å²) >= 11 is 2.27. The fourth-order valence-corrected chi connectivity index (χ4v) is 3.11. The summed E-state index contributed by atoms with van der Waals surface area (Å²) in [4.78, 5) is 0. The van der Waals surface area contributed by atoms with Crippen LogP contribution >= 0.6 is 22.6 Å². The lowest BCUT2D eigenvalue weighted by atomic mass is 10.1. The molecular weight excluding hydrogens is 407 g/mol. The van der Waals surface area contributed by atoms with Gasteiger partial charge in [-0.05, 0) is 53.8 Å². The number of benzene rings is 2. The number of hydrogen-bond donors (Lipinski definition) is 1. The predicted octanol–water partition coefficient (Wildman–Crippen LogP) is 4.37. The van der Waals surface area contributed by atoms with E-state index in [1.807, 2.05) is 31.2 Å². The molecule has 0 aliphatic rings. The molecule has 0 saturated heterocycles. The van der Waals surface area contributed by atoms with E-state index >= 15 is 0 Å². The van der Waals surface area contributed by atoms with Gasteiger partial charge >= 0.3 is 0 Å². The Hall–Kier alpha value is -1.96. The van der Waals surface area contributed by atoms with Gasteiger partial charge in [0.1, 0.15) is 11.5 Å². The van der Waals surface area contributed by atoms with Gasteiger partial charge < -0.3 is 19.3 Å².